The lowest BCUT2D eigenvalue weighted by atomic mass is 10.1. The molecule has 0 spiro atoms. The maximum atomic E-state index is 13.6. The number of pyridine rings is 2. The van der Waals surface area contributed by atoms with Crippen molar-refractivity contribution < 1.29 is 18.0 Å². The van der Waals surface area contributed by atoms with E-state index in [2.05, 4.69) is 14.9 Å². The van der Waals surface area contributed by atoms with Crippen LogP contribution in [0.15, 0.2) is 54.9 Å². The fraction of sp³-hybridized carbons (Fsp3) is 0.318. The van der Waals surface area contributed by atoms with Gasteiger partial charge >= 0.3 is 6.18 Å². The van der Waals surface area contributed by atoms with E-state index in [9.17, 15) is 18.0 Å². The fourth-order valence-corrected chi connectivity index (χ4v) is 3.74. The highest BCUT2D eigenvalue weighted by molar-refractivity contribution is 5.98. The van der Waals surface area contributed by atoms with Gasteiger partial charge in [0.25, 0.3) is 5.91 Å². The third-order valence-electron chi connectivity index (χ3n) is 5.24. The molecule has 3 heterocycles. The van der Waals surface area contributed by atoms with Crippen molar-refractivity contribution in [1.82, 2.24) is 19.8 Å². The molecular weight excluding hydrogens is 429 g/mol. The van der Waals surface area contributed by atoms with E-state index in [1.807, 2.05) is 30.3 Å². The van der Waals surface area contributed by atoms with Crippen molar-refractivity contribution in [2.45, 2.75) is 19.1 Å². The minimum absolute atomic E-state index is 0. The first-order chi connectivity index (χ1) is 14.4. The summed E-state index contributed by atoms with van der Waals surface area (Å²) in [6.45, 7) is 2.91. The lowest BCUT2D eigenvalue weighted by Crippen LogP contribution is -2.36. The van der Waals surface area contributed by atoms with Crippen LogP contribution in [0.3, 0.4) is 0 Å². The topological polar surface area (TPSA) is 49.3 Å². The number of amides is 1. The highest BCUT2D eigenvalue weighted by Crippen LogP contribution is 2.33. The number of alkyl halides is 3. The van der Waals surface area contributed by atoms with Crippen LogP contribution in [0.1, 0.15) is 28.0 Å². The number of hydrogen-bond acceptors (Lipinski definition) is 4. The van der Waals surface area contributed by atoms with Crippen LogP contribution in [0, 0.1) is 0 Å². The number of rotatable bonds is 3. The zero-order valence-corrected chi connectivity index (χ0v) is 17.5. The molecular formula is C22H22ClF3N4O. The minimum Gasteiger partial charge on any atom is -0.337 e. The van der Waals surface area contributed by atoms with E-state index in [1.165, 1.54) is 35.0 Å². The fourth-order valence-electron chi connectivity index (χ4n) is 3.74. The number of carbonyl (C=O) groups excluding carboxylic acids is 1. The van der Waals surface area contributed by atoms with Crippen molar-refractivity contribution in [2.75, 3.05) is 26.2 Å². The predicted molar refractivity (Wildman–Crippen MR) is 114 cm³/mol. The van der Waals surface area contributed by atoms with E-state index in [0.29, 0.717) is 31.4 Å². The summed E-state index contributed by atoms with van der Waals surface area (Å²) in [6, 6.07) is 12.7. The molecule has 1 fully saturated rings. The van der Waals surface area contributed by atoms with Gasteiger partial charge in [0, 0.05) is 50.5 Å². The largest absolute Gasteiger partial charge is 0.434 e. The van der Waals surface area contributed by atoms with Gasteiger partial charge in [-0.15, -0.1) is 12.4 Å². The molecule has 9 heteroatoms. The maximum absolute atomic E-state index is 13.6. The van der Waals surface area contributed by atoms with Crippen LogP contribution in [-0.2, 0) is 12.7 Å². The van der Waals surface area contributed by atoms with Crippen LogP contribution < -0.4 is 0 Å². The lowest BCUT2D eigenvalue weighted by Gasteiger charge is -2.23. The van der Waals surface area contributed by atoms with Gasteiger partial charge in [-0.05, 0) is 24.1 Å². The van der Waals surface area contributed by atoms with E-state index >= 15 is 0 Å². The summed E-state index contributed by atoms with van der Waals surface area (Å²) in [6.07, 6.45) is -1.22. The maximum Gasteiger partial charge on any atom is 0.434 e. The molecule has 0 saturated carbocycles. The van der Waals surface area contributed by atoms with Gasteiger partial charge in [0.05, 0.1) is 11.1 Å². The molecule has 1 aliphatic heterocycles. The van der Waals surface area contributed by atoms with Crippen molar-refractivity contribution in [2.24, 2.45) is 0 Å². The highest BCUT2D eigenvalue weighted by Gasteiger charge is 2.38. The molecule has 164 valence electrons. The van der Waals surface area contributed by atoms with E-state index in [1.54, 1.807) is 0 Å². The predicted octanol–water partition coefficient (Wildman–Crippen LogP) is 4.42. The molecule has 1 amide bonds. The summed E-state index contributed by atoms with van der Waals surface area (Å²) in [5.74, 6) is -0.637. The summed E-state index contributed by atoms with van der Waals surface area (Å²) in [5.41, 5.74) is -0.224. The molecule has 0 aliphatic carbocycles. The molecule has 31 heavy (non-hydrogen) atoms. The molecule has 0 unspecified atom stereocenters. The zero-order valence-electron chi connectivity index (χ0n) is 16.7. The monoisotopic (exact) mass is 450 g/mol. The number of aromatic nitrogens is 2. The average Bonchev–Trinajstić information content (AvgIpc) is 2.98. The van der Waals surface area contributed by atoms with Gasteiger partial charge < -0.3 is 4.90 Å². The van der Waals surface area contributed by atoms with Crippen molar-refractivity contribution in [3.8, 4) is 0 Å². The number of fused-ring (bicyclic) bond motifs is 1. The second-order valence-electron chi connectivity index (χ2n) is 7.36. The zero-order chi connectivity index (χ0) is 21.1. The van der Waals surface area contributed by atoms with Crippen LogP contribution in [-0.4, -0.2) is 51.9 Å². The summed E-state index contributed by atoms with van der Waals surface area (Å²) in [7, 11) is 0. The summed E-state index contributed by atoms with van der Waals surface area (Å²) < 4.78 is 40.9. The molecule has 3 aromatic rings. The number of carbonyl (C=O) groups is 1. The standard InChI is InChI=1S/C22H21F3N4O.ClH/c23-22(24,25)20-18(13-17-14-26-8-7-19(17)27-20)21(30)29-10-4-9-28(11-12-29)15-16-5-2-1-3-6-16;/h1-3,5-8,13-14H,4,9-12,15H2;1H. The molecule has 5 nitrogen and oxygen atoms in total. The molecule has 0 atom stereocenters. The molecule has 4 rings (SSSR count). The van der Waals surface area contributed by atoms with Crippen molar-refractivity contribution in [3.63, 3.8) is 0 Å². The van der Waals surface area contributed by atoms with Gasteiger partial charge in [0.2, 0.25) is 0 Å². The normalized spacial score (nSPS) is 15.4. The highest BCUT2D eigenvalue weighted by atomic mass is 35.5. The van der Waals surface area contributed by atoms with Gasteiger partial charge in [-0.3, -0.25) is 14.7 Å². The average molecular weight is 451 g/mol. The second-order valence-corrected chi connectivity index (χ2v) is 7.36. The van der Waals surface area contributed by atoms with Crippen molar-refractivity contribution >= 4 is 29.2 Å². The molecule has 1 aliphatic rings. The number of nitrogens with zero attached hydrogens (tertiary/aromatic N) is 4. The van der Waals surface area contributed by atoms with E-state index in [-0.39, 0.29) is 17.9 Å². The minimum atomic E-state index is -4.71. The Balaban J connectivity index is 0.00000272. The van der Waals surface area contributed by atoms with E-state index in [4.69, 9.17) is 0 Å². The van der Waals surface area contributed by atoms with Crippen molar-refractivity contribution in [1.29, 1.82) is 0 Å². The molecule has 1 aromatic carbocycles. The van der Waals surface area contributed by atoms with Gasteiger partial charge in [0.1, 0.15) is 0 Å². The number of halogens is 4. The lowest BCUT2D eigenvalue weighted by molar-refractivity contribution is -0.141. The third-order valence-corrected chi connectivity index (χ3v) is 5.24. The van der Waals surface area contributed by atoms with Crippen LogP contribution in [0.25, 0.3) is 10.9 Å². The SMILES string of the molecule is Cl.O=C(c1cc2cnccc2nc1C(F)(F)F)N1CCCN(Cc2ccccc2)CC1. The molecule has 2 aromatic heterocycles. The quantitative estimate of drug-likeness (QED) is 0.592. The summed E-state index contributed by atoms with van der Waals surface area (Å²) in [5, 5.41) is 0.411. The Hall–Kier alpha value is -2.71. The van der Waals surface area contributed by atoms with Crippen LogP contribution in [0.2, 0.25) is 0 Å². The Bertz CT molecular complexity index is 1050. The Kier molecular flexibility index (Phi) is 7.12. The smallest absolute Gasteiger partial charge is 0.337 e. The molecule has 1 saturated heterocycles. The molecule has 0 radical (unpaired) electrons. The van der Waals surface area contributed by atoms with E-state index in [0.717, 1.165) is 13.1 Å². The van der Waals surface area contributed by atoms with Gasteiger partial charge in [0.15, 0.2) is 5.69 Å². The summed E-state index contributed by atoms with van der Waals surface area (Å²) >= 11 is 0. The number of hydrogen-bond donors (Lipinski definition) is 0. The molecule has 0 N–H and O–H groups in total. The van der Waals surface area contributed by atoms with Crippen LogP contribution in [0.5, 0.6) is 0 Å². The van der Waals surface area contributed by atoms with Crippen LogP contribution in [0.4, 0.5) is 13.2 Å². The Morgan fingerprint density at radius 1 is 1.03 bits per heavy atom. The van der Waals surface area contributed by atoms with Gasteiger partial charge in [-0.2, -0.15) is 13.2 Å². The third kappa shape index (κ3) is 5.32. The first-order valence-electron chi connectivity index (χ1n) is 9.79. The Morgan fingerprint density at radius 2 is 1.81 bits per heavy atom. The Labute approximate surface area is 184 Å². The van der Waals surface area contributed by atoms with Gasteiger partial charge in [-0.1, -0.05) is 30.3 Å². The molecule has 0 bridgehead atoms. The van der Waals surface area contributed by atoms with Crippen LogP contribution >= 0.6 is 12.4 Å². The van der Waals surface area contributed by atoms with E-state index < -0.39 is 23.3 Å². The first kappa shape index (κ1) is 23.0. The van der Waals surface area contributed by atoms with Crippen molar-refractivity contribution in [3.05, 3.63) is 71.7 Å². The summed E-state index contributed by atoms with van der Waals surface area (Å²) in [4.78, 5) is 24.5. The Morgan fingerprint density at radius 3 is 2.55 bits per heavy atom. The first-order valence-corrected chi connectivity index (χ1v) is 9.79. The van der Waals surface area contributed by atoms with Gasteiger partial charge in [-0.25, -0.2) is 4.98 Å². The second kappa shape index (κ2) is 9.62. The number of benzene rings is 1.